The van der Waals surface area contributed by atoms with Crippen LogP contribution < -0.4 is 5.32 Å². The van der Waals surface area contributed by atoms with E-state index in [1.165, 1.54) is 12.1 Å². The molecule has 12 heteroatoms. The summed E-state index contributed by atoms with van der Waals surface area (Å²) in [4.78, 5) is 18.0. The lowest BCUT2D eigenvalue weighted by Gasteiger charge is -2.43. The van der Waals surface area contributed by atoms with E-state index >= 15 is 0 Å². The van der Waals surface area contributed by atoms with Gasteiger partial charge in [-0.1, -0.05) is 30.3 Å². The van der Waals surface area contributed by atoms with Gasteiger partial charge in [0.15, 0.2) is 11.4 Å². The number of carbonyl (C=O) groups excluding carboxylic acids is 1. The molecule has 1 aliphatic heterocycles. The minimum absolute atomic E-state index is 0.0641. The number of benzene rings is 2. The van der Waals surface area contributed by atoms with Gasteiger partial charge in [0.1, 0.15) is 6.10 Å². The molecule has 3 aromatic rings. The highest BCUT2D eigenvalue weighted by atomic mass is 19.4. The Bertz CT molecular complexity index is 1470. The largest absolute Gasteiger partial charge is 0.416 e. The van der Waals surface area contributed by atoms with Crippen LogP contribution in [0.3, 0.4) is 0 Å². The number of aromatic nitrogens is 2. The van der Waals surface area contributed by atoms with Gasteiger partial charge in [-0.25, -0.2) is 4.98 Å². The molecule has 0 unspecified atom stereocenters. The van der Waals surface area contributed by atoms with Crippen molar-refractivity contribution in [2.45, 2.75) is 88.7 Å². The monoisotopic (exact) mass is 612 g/mol. The number of nitrogens with zero attached hydrogens (tertiary/aromatic N) is 3. The first-order valence-electron chi connectivity index (χ1n) is 14.5. The standard InChI is InChI=1S/C32H35F3N4O5/c1-30(2)43-27-17-31(29(40)38-11-6-13-39-14-12-37-21-39,42-19-22-7-5-10-25(15-22)32(33,34)35)16-26(28(27)44-30)41-20-24-9-4-3-8-23(24)18-36/h3-5,7-10,12,14-15,21,26-28H,6,11,13,16-17,19-20H2,1-2H3,(H,38,40)/t26-,27-,28+,31-/m1/s1. The van der Waals surface area contributed by atoms with Crippen LogP contribution in [0.25, 0.3) is 0 Å². The molecule has 1 N–H and O–H groups in total. The summed E-state index contributed by atoms with van der Waals surface area (Å²) in [7, 11) is 0. The molecule has 1 amide bonds. The van der Waals surface area contributed by atoms with Crippen LogP contribution in [-0.2, 0) is 49.7 Å². The Hall–Kier alpha value is -3.76. The van der Waals surface area contributed by atoms with E-state index in [0.29, 0.717) is 30.6 Å². The first-order chi connectivity index (χ1) is 21.0. The van der Waals surface area contributed by atoms with E-state index in [0.717, 1.165) is 12.1 Å². The summed E-state index contributed by atoms with van der Waals surface area (Å²) in [5.74, 6) is -1.37. The van der Waals surface area contributed by atoms with Gasteiger partial charge in [-0.2, -0.15) is 18.4 Å². The van der Waals surface area contributed by atoms with Crippen molar-refractivity contribution in [1.82, 2.24) is 14.9 Å². The molecule has 2 heterocycles. The first-order valence-corrected chi connectivity index (χ1v) is 14.5. The first kappa shape index (κ1) is 31.7. The van der Waals surface area contributed by atoms with Gasteiger partial charge >= 0.3 is 6.18 Å². The zero-order valence-corrected chi connectivity index (χ0v) is 24.5. The summed E-state index contributed by atoms with van der Waals surface area (Å²) in [6.45, 7) is 4.36. The Morgan fingerprint density at radius 1 is 1.16 bits per heavy atom. The summed E-state index contributed by atoms with van der Waals surface area (Å²) < 4.78 is 67.2. The molecule has 2 aliphatic rings. The number of nitriles is 1. The van der Waals surface area contributed by atoms with E-state index in [-0.39, 0.29) is 31.6 Å². The van der Waals surface area contributed by atoms with Gasteiger partial charge in [-0.3, -0.25) is 4.79 Å². The van der Waals surface area contributed by atoms with Crippen LogP contribution in [0.15, 0.2) is 67.3 Å². The maximum absolute atomic E-state index is 14.0. The maximum Gasteiger partial charge on any atom is 0.416 e. The quantitative estimate of drug-likeness (QED) is 0.299. The molecule has 9 nitrogen and oxygen atoms in total. The summed E-state index contributed by atoms with van der Waals surface area (Å²) in [5, 5.41) is 12.5. The average Bonchev–Trinajstić information content (AvgIpc) is 3.63. The minimum Gasteiger partial charge on any atom is -0.371 e. The second-order valence-electron chi connectivity index (χ2n) is 11.6. The summed E-state index contributed by atoms with van der Waals surface area (Å²) in [6, 6.07) is 14.1. The van der Waals surface area contributed by atoms with Gasteiger partial charge in [0.25, 0.3) is 5.91 Å². The van der Waals surface area contributed by atoms with E-state index < -0.39 is 47.3 Å². The third-order valence-corrected chi connectivity index (χ3v) is 7.86. The number of amides is 1. The Labute approximate surface area is 253 Å². The van der Waals surface area contributed by atoms with Crippen LogP contribution >= 0.6 is 0 Å². The maximum atomic E-state index is 14.0. The lowest BCUT2D eigenvalue weighted by Crippen LogP contribution is -2.60. The molecule has 0 spiro atoms. The fraction of sp³-hybridized carbons (Fsp3) is 0.469. The third kappa shape index (κ3) is 7.47. The van der Waals surface area contributed by atoms with E-state index in [1.54, 1.807) is 50.6 Å². The molecule has 1 saturated heterocycles. The van der Waals surface area contributed by atoms with Crippen molar-refractivity contribution in [3.05, 3.63) is 89.5 Å². The fourth-order valence-corrected chi connectivity index (χ4v) is 5.76. The molecular weight excluding hydrogens is 577 g/mol. The fourth-order valence-electron chi connectivity index (χ4n) is 5.76. The molecule has 234 valence electrons. The molecule has 5 rings (SSSR count). The second-order valence-corrected chi connectivity index (χ2v) is 11.6. The zero-order valence-electron chi connectivity index (χ0n) is 24.5. The van der Waals surface area contributed by atoms with Crippen LogP contribution in [-0.4, -0.2) is 51.7 Å². The predicted molar refractivity (Wildman–Crippen MR) is 152 cm³/mol. The van der Waals surface area contributed by atoms with Crippen molar-refractivity contribution < 1.29 is 36.9 Å². The Morgan fingerprint density at radius 3 is 2.73 bits per heavy atom. The van der Waals surface area contributed by atoms with Crippen molar-refractivity contribution in [2.24, 2.45) is 0 Å². The van der Waals surface area contributed by atoms with E-state index in [9.17, 15) is 23.2 Å². The summed E-state index contributed by atoms with van der Waals surface area (Å²) >= 11 is 0. The van der Waals surface area contributed by atoms with Gasteiger partial charge in [-0.05, 0) is 49.6 Å². The molecule has 1 aromatic heterocycles. The number of halogens is 3. The number of hydrogen-bond acceptors (Lipinski definition) is 7. The molecular formula is C32H35F3N4O5. The number of carbonyl (C=O) groups is 1. The average molecular weight is 613 g/mol. The lowest BCUT2D eigenvalue weighted by molar-refractivity contribution is -0.183. The second kappa shape index (κ2) is 13.1. The number of aryl methyl sites for hydroxylation is 1. The Morgan fingerprint density at radius 2 is 1.98 bits per heavy atom. The number of hydrogen-bond donors (Lipinski definition) is 1. The van der Waals surface area contributed by atoms with Crippen LogP contribution in [0.1, 0.15) is 55.4 Å². The van der Waals surface area contributed by atoms with Gasteiger partial charge in [0.2, 0.25) is 0 Å². The van der Waals surface area contributed by atoms with Crippen LogP contribution in [0.2, 0.25) is 0 Å². The highest BCUT2D eigenvalue weighted by Gasteiger charge is 2.58. The lowest BCUT2D eigenvalue weighted by atomic mass is 9.78. The Kier molecular flexibility index (Phi) is 9.41. The summed E-state index contributed by atoms with van der Waals surface area (Å²) in [5.41, 5.74) is -0.875. The number of imidazole rings is 1. The van der Waals surface area contributed by atoms with Gasteiger partial charge < -0.3 is 28.8 Å². The van der Waals surface area contributed by atoms with Gasteiger partial charge in [0.05, 0.1) is 48.9 Å². The number of rotatable bonds is 11. The van der Waals surface area contributed by atoms with Crippen molar-refractivity contribution in [1.29, 1.82) is 5.26 Å². The number of alkyl halides is 3. The zero-order chi connectivity index (χ0) is 31.4. The Balaban J connectivity index is 1.39. The third-order valence-electron chi connectivity index (χ3n) is 7.86. The van der Waals surface area contributed by atoms with Crippen molar-refractivity contribution >= 4 is 5.91 Å². The molecule has 44 heavy (non-hydrogen) atoms. The number of fused-ring (bicyclic) bond motifs is 1. The normalized spacial score (nSPS) is 24.4. The smallest absolute Gasteiger partial charge is 0.371 e. The van der Waals surface area contributed by atoms with Crippen molar-refractivity contribution in [2.75, 3.05) is 6.54 Å². The topological polar surface area (TPSA) is 108 Å². The van der Waals surface area contributed by atoms with Crippen LogP contribution in [0, 0.1) is 11.3 Å². The molecule has 1 aliphatic carbocycles. The van der Waals surface area contributed by atoms with Crippen LogP contribution in [0.4, 0.5) is 13.2 Å². The number of nitrogens with one attached hydrogen (secondary N) is 1. The molecule has 4 atom stereocenters. The molecule has 2 fully saturated rings. The van der Waals surface area contributed by atoms with Crippen LogP contribution in [0.5, 0.6) is 0 Å². The van der Waals surface area contributed by atoms with Gasteiger partial charge in [0, 0.05) is 38.3 Å². The molecule has 1 saturated carbocycles. The van der Waals surface area contributed by atoms with Gasteiger partial charge in [-0.15, -0.1) is 0 Å². The minimum atomic E-state index is -4.52. The molecule has 0 bridgehead atoms. The molecule has 2 aromatic carbocycles. The molecule has 0 radical (unpaired) electrons. The van der Waals surface area contributed by atoms with Crippen molar-refractivity contribution in [3.63, 3.8) is 0 Å². The highest BCUT2D eigenvalue weighted by Crippen LogP contribution is 2.44. The van der Waals surface area contributed by atoms with E-state index in [2.05, 4.69) is 16.4 Å². The summed E-state index contributed by atoms with van der Waals surface area (Å²) in [6.07, 6.45) is -0.326. The SMILES string of the molecule is CC1(C)O[C@H]2[C@H](OCc3ccccc3C#N)C[C@](OCc3cccc(C(F)(F)F)c3)(C(=O)NCCCn3ccnc3)C[C@H]2O1. The highest BCUT2D eigenvalue weighted by molar-refractivity contribution is 5.85. The predicted octanol–water partition coefficient (Wildman–Crippen LogP) is 5.13. The van der Waals surface area contributed by atoms with Crippen molar-refractivity contribution in [3.8, 4) is 6.07 Å². The van der Waals surface area contributed by atoms with E-state index in [1.807, 2.05) is 10.8 Å². The van der Waals surface area contributed by atoms with E-state index in [4.69, 9.17) is 18.9 Å². The number of ether oxygens (including phenoxy) is 4.